The minimum absolute atomic E-state index is 0.146. The van der Waals surface area contributed by atoms with E-state index < -0.39 is 184 Å². The van der Waals surface area contributed by atoms with Gasteiger partial charge in [-0.1, -0.05) is 151 Å². The summed E-state index contributed by atoms with van der Waals surface area (Å²) in [6.07, 6.45) is -7.77. The number of hydrogen-bond donors (Lipinski definition) is 6. The van der Waals surface area contributed by atoms with Gasteiger partial charge in [-0.15, -0.1) is 0 Å². The molecule has 2 heterocycles. The van der Waals surface area contributed by atoms with E-state index in [-0.39, 0.29) is 25.9 Å². The van der Waals surface area contributed by atoms with Crippen molar-refractivity contribution >= 4 is 67.7 Å². The summed E-state index contributed by atoms with van der Waals surface area (Å²) in [5.41, 5.74) is -5.56. The molecule has 6 aliphatic rings. The van der Waals surface area contributed by atoms with E-state index in [0.717, 1.165) is 22.3 Å². The van der Waals surface area contributed by atoms with Gasteiger partial charge in [0.1, 0.15) is 57.6 Å². The van der Waals surface area contributed by atoms with Crippen molar-refractivity contribution in [2.24, 2.45) is 22.7 Å². The molecule has 4 saturated carbocycles. The van der Waals surface area contributed by atoms with Crippen molar-refractivity contribution < 1.29 is 91.7 Å². The Morgan fingerprint density at radius 1 is 0.452 bits per heavy atom. The van der Waals surface area contributed by atoms with Crippen LogP contribution in [0.4, 0.5) is 27.2 Å². The molecule has 104 heavy (non-hydrogen) atoms. The summed E-state index contributed by atoms with van der Waals surface area (Å²) in [6, 6.07) is 28.9. The number of alkyl carbamates (subject to hydrolysis) is 2. The fourth-order valence-corrected chi connectivity index (χ4v) is 16.1. The molecule has 568 valence electrons. The van der Waals surface area contributed by atoms with Crippen LogP contribution in [0.25, 0.3) is 22.3 Å². The molecule has 10 atom stereocenters. The number of nitrogens with one attached hydrogen (secondary N) is 6. The highest BCUT2D eigenvalue weighted by molar-refractivity contribution is 7.91. The van der Waals surface area contributed by atoms with Crippen molar-refractivity contribution in [1.82, 2.24) is 40.5 Å². The van der Waals surface area contributed by atoms with Crippen LogP contribution in [0.5, 0.6) is 0 Å². The van der Waals surface area contributed by atoms with Gasteiger partial charge in [0, 0.05) is 27.1 Å². The second-order valence-electron chi connectivity index (χ2n) is 32.1. The van der Waals surface area contributed by atoms with E-state index in [0.29, 0.717) is 36.8 Å². The zero-order valence-corrected chi connectivity index (χ0v) is 62.6. The second-order valence-corrected chi connectivity index (χ2v) is 36.0. The van der Waals surface area contributed by atoms with Crippen LogP contribution in [0.1, 0.15) is 146 Å². The lowest BCUT2D eigenvalue weighted by Crippen LogP contribution is -2.60. The Bertz CT molecular complexity index is 3850. The molecule has 10 rings (SSSR count). The average molecular weight is 1490 g/mol. The topological polar surface area (TPSA) is 320 Å². The Morgan fingerprint density at radius 3 is 1.00 bits per heavy atom. The van der Waals surface area contributed by atoms with Gasteiger partial charge in [-0.3, -0.25) is 38.2 Å². The molecular formula is C74H96F4N8O16S2. The third-order valence-corrected chi connectivity index (χ3v) is 23.4. The first kappa shape index (κ1) is 79.9. The number of amides is 8. The maximum absolute atomic E-state index is 14.6. The molecule has 30 heteroatoms. The molecule has 2 aliphatic heterocycles. The smallest absolute Gasteiger partial charge is 0.408 e. The number of likely N-dealkylation sites (tertiary alicyclic amines) is 2. The Labute approximate surface area is 605 Å². The van der Waals surface area contributed by atoms with Gasteiger partial charge in [0.25, 0.3) is 11.8 Å². The Hall–Kier alpha value is -8.22. The number of carbonyl (C=O) groups is 8. The first-order valence-electron chi connectivity index (χ1n) is 34.6. The molecule has 4 aliphatic carbocycles. The number of sulfonamides is 2. The highest BCUT2D eigenvalue weighted by Crippen LogP contribution is 2.51. The van der Waals surface area contributed by atoms with Gasteiger partial charge in [0.05, 0.1) is 35.4 Å². The Balaban J connectivity index is 0.000000241. The second kappa shape index (κ2) is 29.6. The molecule has 4 aromatic carbocycles. The molecule has 0 radical (unpaired) electrons. The third-order valence-electron chi connectivity index (χ3n) is 19.7. The fourth-order valence-electron chi connectivity index (χ4n) is 13.4. The van der Waals surface area contributed by atoms with Gasteiger partial charge in [0.2, 0.25) is 56.5 Å². The predicted octanol–water partition coefficient (Wildman–Crippen LogP) is 8.97. The first-order chi connectivity index (χ1) is 48.2. The standard InChI is InChI=1S/2C37H48F2N4O8S/c2*1-34(2,3)28(40-33(47)51-35(4,5)6)31(45)43-21-36(50-7,24-15-13-23(14-16-24)22-11-9-8-10-12-22)20-27(43)30(44)41-37(19-26(37)29(38)39)32(46)42-52(48,49)25-17-18-25/h2*8-16,25-29H,17-21H2,1-7H3,(H,40,47)(H,41,44)(H,42,46)/t26-,27?,28+,36-,37+;26-,27?,28-,36+,37+/m01/s1. The highest BCUT2D eigenvalue weighted by atomic mass is 32.2. The highest BCUT2D eigenvalue weighted by Gasteiger charge is 2.69. The minimum Gasteiger partial charge on any atom is -0.444 e. The predicted molar refractivity (Wildman–Crippen MR) is 377 cm³/mol. The van der Waals surface area contributed by atoms with Crippen molar-refractivity contribution in [2.75, 3.05) is 27.3 Å². The molecule has 0 aromatic heterocycles. The van der Waals surface area contributed by atoms with Gasteiger partial charge in [-0.05, 0) is 124 Å². The summed E-state index contributed by atoms with van der Waals surface area (Å²) < 4.78 is 134. The van der Waals surface area contributed by atoms with Crippen molar-refractivity contribution in [3.8, 4) is 22.3 Å². The third kappa shape index (κ3) is 18.0. The summed E-state index contributed by atoms with van der Waals surface area (Å²) in [7, 11) is -5.39. The van der Waals surface area contributed by atoms with Crippen LogP contribution in [0.3, 0.4) is 0 Å². The normalized spacial score (nSPS) is 25.3. The largest absolute Gasteiger partial charge is 0.444 e. The number of benzene rings is 4. The number of ether oxygens (including phenoxy) is 4. The van der Waals surface area contributed by atoms with Crippen LogP contribution in [-0.2, 0) is 79.0 Å². The first-order valence-corrected chi connectivity index (χ1v) is 37.7. The van der Waals surface area contributed by atoms with Crippen molar-refractivity contribution in [2.45, 2.75) is 215 Å². The number of alkyl halides is 4. The number of methoxy groups -OCH3 is 2. The van der Waals surface area contributed by atoms with E-state index in [2.05, 4.69) is 21.3 Å². The van der Waals surface area contributed by atoms with Gasteiger partial charge in [-0.25, -0.2) is 44.0 Å². The number of hydrogen-bond acceptors (Lipinski definition) is 16. The van der Waals surface area contributed by atoms with Gasteiger partial charge in [-0.2, -0.15) is 0 Å². The van der Waals surface area contributed by atoms with E-state index in [1.807, 2.05) is 119 Å². The lowest BCUT2D eigenvalue weighted by molar-refractivity contribution is -0.143. The molecule has 6 fully saturated rings. The monoisotopic (exact) mass is 1490 g/mol. The van der Waals surface area contributed by atoms with E-state index >= 15 is 0 Å². The van der Waals surface area contributed by atoms with Crippen molar-refractivity contribution in [3.63, 3.8) is 0 Å². The Morgan fingerprint density at radius 2 is 0.750 bits per heavy atom. The number of halogens is 4. The molecule has 0 bridgehead atoms. The molecule has 0 spiro atoms. The van der Waals surface area contributed by atoms with Crippen molar-refractivity contribution in [1.29, 1.82) is 0 Å². The van der Waals surface area contributed by atoms with E-state index in [9.17, 15) is 72.8 Å². The van der Waals surface area contributed by atoms with Crippen LogP contribution in [0, 0.1) is 22.7 Å². The molecule has 8 amide bonds. The van der Waals surface area contributed by atoms with Crippen LogP contribution in [0.15, 0.2) is 109 Å². The molecular weight excluding hydrogens is 1400 g/mol. The zero-order chi connectivity index (χ0) is 76.9. The maximum atomic E-state index is 14.6. The van der Waals surface area contributed by atoms with E-state index in [1.54, 1.807) is 83.1 Å². The van der Waals surface area contributed by atoms with Crippen LogP contribution < -0.4 is 30.7 Å². The lowest BCUT2D eigenvalue weighted by Gasteiger charge is -2.36. The molecule has 2 unspecified atom stereocenters. The number of carbonyl (C=O) groups excluding carboxylic acids is 8. The van der Waals surface area contributed by atoms with Gasteiger partial charge in [0.15, 0.2) is 0 Å². The SMILES string of the molecule is CO[C@@]1(c2ccc(-c3ccccc3)cc2)CC(C(=O)N[C@@]2(C(=O)NS(=O)(=O)C3CC3)C[C@@H]2C(F)F)N(C(=O)[C@@H](NC(=O)OC(C)(C)C)C(C)(C)C)C1.CO[C@@]1(c2ccc(-c3ccccc3)cc2)CC(C(=O)N[C@]2(C(=O)NS(=O)(=O)C3CC3)C[C@H]2C(F)F)N(C(=O)[C@@H](NC(=O)OC(C)(C)C)C(C)(C)C)C1. The zero-order valence-electron chi connectivity index (χ0n) is 61.0. The van der Waals surface area contributed by atoms with E-state index in [1.165, 1.54) is 24.0 Å². The van der Waals surface area contributed by atoms with Crippen LogP contribution >= 0.6 is 0 Å². The molecule has 4 aromatic rings. The average Bonchev–Trinajstić information content (AvgIpc) is 1.57. The maximum Gasteiger partial charge on any atom is 0.408 e. The summed E-state index contributed by atoms with van der Waals surface area (Å²) in [4.78, 5) is 113. The van der Waals surface area contributed by atoms with Crippen LogP contribution in [-0.4, -0.2) is 171 Å². The summed E-state index contributed by atoms with van der Waals surface area (Å²) >= 11 is 0. The molecule has 2 saturated heterocycles. The Kier molecular flexibility index (Phi) is 22.7. The number of nitrogens with zero attached hydrogens (tertiary/aromatic N) is 2. The van der Waals surface area contributed by atoms with E-state index in [4.69, 9.17) is 18.9 Å². The number of rotatable bonds is 22. The fraction of sp³-hybridized carbons (Fsp3) is 0.568. The summed E-state index contributed by atoms with van der Waals surface area (Å²) in [6.45, 7) is 20.0. The quantitative estimate of drug-likeness (QED) is 0.0400. The summed E-state index contributed by atoms with van der Waals surface area (Å²) in [5.74, 6) is -9.02. The van der Waals surface area contributed by atoms with Crippen LogP contribution in [0.2, 0.25) is 0 Å². The lowest BCUT2D eigenvalue weighted by atomic mass is 9.85. The molecule has 6 N–H and O–H groups in total. The van der Waals surface area contributed by atoms with Gasteiger partial charge < -0.3 is 50.0 Å². The summed E-state index contributed by atoms with van der Waals surface area (Å²) in [5, 5.41) is 8.57. The van der Waals surface area contributed by atoms with Crippen molar-refractivity contribution in [3.05, 3.63) is 120 Å². The molecule has 24 nitrogen and oxygen atoms in total. The minimum atomic E-state index is -4.12. The van der Waals surface area contributed by atoms with Gasteiger partial charge >= 0.3 is 12.2 Å².